The van der Waals surface area contributed by atoms with Crippen LogP contribution in [0.4, 0.5) is 5.69 Å². The van der Waals surface area contributed by atoms with E-state index in [-0.39, 0.29) is 10.6 Å². The Balaban J connectivity index is 1.89. The number of rotatable bonds is 11. The van der Waals surface area contributed by atoms with Crippen molar-refractivity contribution in [2.24, 2.45) is 0 Å². The molecule has 3 rings (SSSR count). The third kappa shape index (κ3) is 6.32. The van der Waals surface area contributed by atoms with Crippen molar-refractivity contribution < 1.29 is 22.7 Å². The van der Waals surface area contributed by atoms with Crippen LogP contribution >= 0.6 is 11.3 Å². The van der Waals surface area contributed by atoms with E-state index in [1.165, 1.54) is 6.07 Å². The fraction of sp³-hybridized carbons (Fsp3) is 0.261. The molecule has 1 aromatic heterocycles. The van der Waals surface area contributed by atoms with E-state index >= 15 is 0 Å². The average molecular weight is 475 g/mol. The van der Waals surface area contributed by atoms with Gasteiger partial charge in [-0.2, -0.15) is 4.72 Å². The van der Waals surface area contributed by atoms with E-state index < -0.39 is 22.0 Å². The van der Waals surface area contributed by atoms with Gasteiger partial charge in [0.15, 0.2) is 0 Å². The normalized spacial score (nSPS) is 12.2. The lowest BCUT2D eigenvalue weighted by Gasteiger charge is -2.20. The second-order valence-electron chi connectivity index (χ2n) is 6.81. The minimum atomic E-state index is -3.86. The molecule has 0 bridgehead atoms. The van der Waals surface area contributed by atoms with Gasteiger partial charge < -0.3 is 14.8 Å². The van der Waals surface area contributed by atoms with Crippen molar-refractivity contribution >= 4 is 33.0 Å². The zero-order chi connectivity index (χ0) is 23.0. The van der Waals surface area contributed by atoms with Gasteiger partial charge in [-0.1, -0.05) is 36.4 Å². The van der Waals surface area contributed by atoms with Gasteiger partial charge in [0.25, 0.3) is 10.0 Å². The van der Waals surface area contributed by atoms with Crippen LogP contribution in [0.3, 0.4) is 0 Å². The lowest BCUT2D eigenvalue weighted by molar-refractivity contribution is -0.117. The van der Waals surface area contributed by atoms with Crippen molar-refractivity contribution in [2.75, 3.05) is 18.5 Å². The molecule has 0 fully saturated rings. The molecule has 0 aliphatic rings. The lowest BCUT2D eigenvalue weighted by atomic mass is 10.1. The molecule has 32 heavy (non-hydrogen) atoms. The first kappa shape index (κ1) is 23.8. The van der Waals surface area contributed by atoms with Gasteiger partial charge in [0, 0.05) is 6.07 Å². The van der Waals surface area contributed by atoms with E-state index in [1.54, 1.807) is 29.6 Å². The highest BCUT2D eigenvalue weighted by Gasteiger charge is 2.27. The van der Waals surface area contributed by atoms with Crippen LogP contribution in [-0.4, -0.2) is 33.6 Å². The van der Waals surface area contributed by atoms with Crippen molar-refractivity contribution in [3.05, 3.63) is 71.6 Å². The highest BCUT2D eigenvalue weighted by atomic mass is 32.2. The molecule has 0 aliphatic carbocycles. The summed E-state index contributed by atoms with van der Waals surface area (Å²) >= 11 is 1.09. The molecule has 0 saturated carbocycles. The van der Waals surface area contributed by atoms with Gasteiger partial charge in [-0.25, -0.2) is 8.42 Å². The first-order chi connectivity index (χ1) is 15.4. The van der Waals surface area contributed by atoms with Crippen molar-refractivity contribution in [1.82, 2.24) is 4.72 Å². The molecule has 0 saturated heterocycles. The fourth-order valence-electron chi connectivity index (χ4n) is 3.06. The molecular weight excluding hydrogens is 448 g/mol. The number of hydrogen-bond acceptors (Lipinski definition) is 6. The van der Waals surface area contributed by atoms with Crippen LogP contribution in [0.5, 0.6) is 11.5 Å². The molecule has 7 nitrogen and oxygen atoms in total. The maximum Gasteiger partial charge on any atom is 0.250 e. The second kappa shape index (κ2) is 11.1. The van der Waals surface area contributed by atoms with E-state index in [0.717, 1.165) is 16.9 Å². The van der Waals surface area contributed by atoms with Gasteiger partial charge in [0.05, 0.1) is 18.9 Å². The van der Waals surface area contributed by atoms with E-state index in [9.17, 15) is 13.2 Å². The van der Waals surface area contributed by atoms with Crippen molar-refractivity contribution in [1.29, 1.82) is 0 Å². The highest BCUT2D eigenvalue weighted by molar-refractivity contribution is 7.91. The maximum absolute atomic E-state index is 13.3. The maximum atomic E-state index is 13.3. The number of thiophene rings is 1. The minimum Gasteiger partial charge on any atom is -0.494 e. The molecule has 0 aliphatic heterocycles. The predicted molar refractivity (Wildman–Crippen MR) is 126 cm³/mol. The molecule has 1 atom stereocenters. The van der Waals surface area contributed by atoms with Gasteiger partial charge in [-0.15, -0.1) is 11.3 Å². The van der Waals surface area contributed by atoms with Crippen LogP contribution in [0.25, 0.3) is 0 Å². The zero-order valence-electron chi connectivity index (χ0n) is 17.9. The van der Waals surface area contributed by atoms with Crippen LogP contribution in [-0.2, 0) is 21.2 Å². The standard InChI is InChI=1S/C23H26N2O5S2/c1-3-29-18-12-13-21(30-4-2)19(16-18)24-23(26)20(15-17-9-6-5-7-10-17)25-32(27,28)22-11-8-14-31-22/h5-14,16,20,25H,3-4,15H2,1-2H3,(H,24,26)/t20-/m0/s1. The van der Waals surface area contributed by atoms with Crippen LogP contribution < -0.4 is 19.5 Å². The van der Waals surface area contributed by atoms with Crippen LogP contribution in [0.1, 0.15) is 19.4 Å². The van der Waals surface area contributed by atoms with Crippen LogP contribution in [0.15, 0.2) is 70.3 Å². The largest absolute Gasteiger partial charge is 0.494 e. The summed E-state index contributed by atoms with van der Waals surface area (Å²) in [4.78, 5) is 13.3. The van der Waals surface area contributed by atoms with E-state index in [4.69, 9.17) is 9.47 Å². The van der Waals surface area contributed by atoms with Gasteiger partial charge >= 0.3 is 0 Å². The summed E-state index contributed by atoms with van der Waals surface area (Å²) in [5.74, 6) is 0.553. The third-order valence-electron chi connectivity index (χ3n) is 4.48. The zero-order valence-corrected chi connectivity index (χ0v) is 19.5. The average Bonchev–Trinajstić information content (AvgIpc) is 3.32. The molecule has 170 valence electrons. The molecule has 2 aromatic carbocycles. The Morgan fingerprint density at radius 1 is 1.00 bits per heavy atom. The van der Waals surface area contributed by atoms with Gasteiger partial charge in [-0.3, -0.25) is 4.79 Å². The number of carbonyl (C=O) groups is 1. The number of benzene rings is 2. The van der Waals surface area contributed by atoms with Crippen LogP contribution in [0.2, 0.25) is 0 Å². The number of anilines is 1. The molecule has 1 amide bonds. The van der Waals surface area contributed by atoms with Crippen LogP contribution in [0, 0.1) is 0 Å². The van der Waals surface area contributed by atoms with E-state index in [1.807, 2.05) is 44.2 Å². The summed E-state index contributed by atoms with van der Waals surface area (Å²) in [6.07, 6.45) is 0.187. The number of carbonyl (C=O) groups excluding carboxylic acids is 1. The monoisotopic (exact) mass is 474 g/mol. The number of hydrogen-bond donors (Lipinski definition) is 2. The molecule has 0 spiro atoms. The Morgan fingerprint density at radius 3 is 2.41 bits per heavy atom. The molecule has 0 unspecified atom stereocenters. The van der Waals surface area contributed by atoms with Gasteiger partial charge in [0.1, 0.15) is 21.8 Å². The summed E-state index contributed by atoms with van der Waals surface area (Å²) in [5.41, 5.74) is 1.24. The SMILES string of the molecule is CCOc1ccc(OCC)c(NC(=O)[C@H](Cc2ccccc2)NS(=O)(=O)c2cccs2)c1. The second-order valence-corrected chi connectivity index (χ2v) is 9.70. The first-order valence-electron chi connectivity index (χ1n) is 10.2. The van der Waals surface area contributed by atoms with Crippen molar-refractivity contribution in [3.8, 4) is 11.5 Å². The molecule has 0 radical (unpaired) electrons. The predicted octanol–water partition coefficient (Wildman–Crippen LogP) is 4.07. The Hall–Kier alpha value is -2.88. The van der Waals surface area contributed by atoms with E-state index in [0.29, 0.717) is 30.4 Å². The van der Waals surface area contributed by atoms with Gasteiger partial charge in [0.2, 0.25) is 5.91 Å². The summed E-state index contributed by atoms with van der Waals surface area (Å²) in [6.45, 7) is 4.59. The fourth-order valence-corrected chi connectivity index (χ4v) is 5.27. The summed E-state index contributed by atoms with van der Waals surface area (Å²) in [6, 6.07) is 16.5. The molecule has 3 aromatic rings. The van der Waals surface area contributed by atoms with Crippen molar-refractivity contribution in [3.63, 3.8) is 0 Å². The highest BCUT2D eigenvalue weighted by Crippen LogP contribution is 2.30. The topological polar surface area (TPSA) is 93.7 Å². The Bertz CT molecular complexity index is 1120. The lowest BCUT2D eigenvalue weighted by Crippen LogP contribution is -2.45. The molecule has 2 N–H and O–H groups in total. The molecular formula is C23H26N2O5S2. The number of amides is 1. The number of nitrogens with one attached hydrogen (secondary N) is 2. The summed E-state index contributed by atoms with van der Waals surface area (Å²) < 4.78 is 39.5. The number of ether oxygens (including phenoxy) is 2. The van der Waals surface area contributed by atoms with E-state index in [2.05, 4.69) is 10.0 Å². The Kier molecular flexibility index (Phi) is 8.26. The summed E-state index contributed by atoms with van der Waals surface area (Å²) in [7, 11) is -3.86. The Morgan fingerprint density at radius 2 is 1.75 bits per heavy atom. The third-order valence-corrected chi connectivity index (χ3v) is 7.35. The quantitative estimate of drug-likeness (QED) is 0.437. The minimum absolute atomic E-state index is 0.150. The molecule has 1 heterocycles. The van der Waals surface area contributed by atoms with Crippen molar-refractivity contribution in [2.45, 2.75) is 30.5 Å². The van der Waals surface area contributed by atoms with Gasteiger partial charge in [-0.05, 0) is 49.4 Å². The smallest absolute Gasteiger partial charge is 0.250 e. The number of sulfonamides is 1. The summed E-state index contributed by atoms with van der Waals surface area (Å²) in [5, 5.41) is 4.49. The first-order valence-corrected chi connectivity index (χ1v) is 12.6. The molecule has 9 heteroatoms. The Labute approximate surface area is 192 Å².